The molecule has 1 aromatic heterocycles. The maximum atomic E-state index is 5.71. The molecule has 1 aliphatic rings. The van der Waals surface area contributed by atoms with Crippen LogP contribution in [0.25, 0.3) is 22.0 Å². The zero-order valence-corrected chi connectivity index (χ0v) is 16.8. The van der Waals surface area contributed by atoms with Gasteiger partial charge in [-0.3, -0.25) is 4.68 Å². The van der Waals surface area contributed by atoms with Crippen LogP contribution in [0.5, 0.6) is 5.75 Å². The second-order valence-corrected chi connectivity index (χ2v) is 7.73. The second-order valence-electron chi connectivity index (χ2n) is 7.73. The van der Waals surface area contributed by atoms with Gasteiger partial charge >= 0.3 is 0 Å². The van der Waals surface area contributed by atoms with E-state index in [1.54, 1.807) is 7.11 Å². The lowest BCUT2D eigenvalue weighted by Gasteiger charge is -2.28. The summed E-state index contributed by atoms with van der Waals surface area (Å²) in [5, 5.41) is 7.20. The number of ether oxygens (including phenoxy) is 2. The molecule has 0 spiro atoms. The van der Waals surface area contributed by atoms with Crippen LogP contribution >= 0.6 is 0 Å². The summed E-state index contributed by atoms with van der Waals surface area (Å²) >= 11 is 0. The molecule has 0 unspecified atom stereocenters. The van der Waals surface area contributed by atoms with Crippen molar-refractivity contribution in [3.05, 3.63) is 48.7 Å². The standard InChI is InChI=1S/C23H29N3O2/c1-25-10-7-18(8-11-25)17-26-12-9-23(24-26)21-4-3-20-16-22(28-14-13-27-2)6-5-19(20)15-21/h3-6,9,12,15-16,18H,7-8,10-11,13-14,17H2,1-2H3. The van der Waals surface area contributed by atoms with Crippen molar-refractivity contribution in [3.8, 4) is 17.0 Å². The van der Waals surface area contributed by atoms with Gasteiger partial charge in [0.15, 0.2) is 0 Å². The summed E-state index contributed by atoms with van der Waals surface area (Å²) in [7, 11) is 3.89. The summed E-state index contributed by atoms with van der Waals surface area (Å²) < 4.78 is 12.9. The lowest BCUT2D eigenvalue weighted by Crippen LogP contribution is -2.31. The topological polar surface area (TPSA) is 39.5 Å². The van der Waals surface area contributed by atoms with Gasteiger partial charge in [-0.25, -0.2) is 0 Å². The normalized spacial score (nSPS) is 15.9. The summed E-state index contributed by atoms with van der Waals surface area (Å²) in [6.07, 6.45) is 4.64. The molecule has 2 heterocycles. The highest BCUT2D eigenvalue weighted by atomic mass is 16.5. The Bertz CT molecular complexity index is 913. The molecule has 5 heteroatoms. The largest absolute Gasteiger partial charge is 0.491 e. The van der Waals surface area contributed by atoms with Gasteiger partial charge in [-0.15, -0.1) is 0 Å². The second kappa shape index (κ2) is 8.76. The average molecular weight is 380 g/mol. The van der Waals surface area contributed by atoms with E-state index in [1.165, 1.54) is 36.7 Å². The molecule has 1 saturated heterocycles. The summed E-state index contributed by atoms with van der Waals surface area (Å²) in [5.74, 6) is 1.61. The van der Waals surface area contributed by atoms with E-state index in [0.29, 0.717) is 13.2 Å². The van der Waals surface area contributed by atoms with Crippen LogP contribution in [0.15, 0.2) is 48.7 Å². The molecule has 0 amide bonds. The van der Waals surface area contributed by atoms with E-state index in [4.69, 9.17) is 14.6 Å². The summed E-state index contributed by atoms with van der Waals surface area (Å²) in [6, 6.07) is 14.8. The fourth-order valence-electron chi connectivity index (χ4n) is 3.84. The number of likely N-dealkylation sites (tertiary alicyclic amines) is 1. The number of nitrogens with zero attached hydrogens (tertiary/aromatic N) is 3. The minimum absolute atomic E-state index is 0.564. The van der Waals surface area contributed by atoms with Gasteiger partial charge in [0.25, 0.3) is 0 Å². The number of benzene rings is 2. The van der Waals surface area contributed by atoms with Crippen LogP contribution in [-0.4, -0.2) is 55.1 Å². The molecule has 0 radical (unpaired) electrons. The van der Waals surface area contributed by atoms with E-state index < -0.39 is 0 Å². The lowest BCUT2D eigenvalue weighted by atomic mass is 9.97. The van der Waals surface area contributed by atoms with Crippen LogP contribution in [0, 0.1) is 5.92 Å². The van der Waals surface area contributed by atoms with Crippen LogP contribution in [0.1, 0.15) is 12.8 Å². The van der Waals surface area contributed by atoms with E-state index in [0.717, 1.165) is 29.5 Å². The minimum Gasteiger partial charge on any atom is -0.491 e. The number of hydrogen-bond acceptors (Lipinski definition) is 4. The molecule has 28 heavy (non-hydrogen) atoms. The van der Waals surface area contributed by atoms with Crippen molar-refractivity contribution in [2.24, 2.45) is 5.92 Å². The van der Waals surface area contributed by atoms with Crippen molar-refractivity contribution >= 4 is 10.8 Å². The highest BCUT2D eigenvalue weighted by Gasteiger charge is 2.17. The van der Waals surface area contributed by atoms with Gasteiger partial charge in [0, 0.05) is 25.4 Å². The van der Waals surface area contributed by atoms with Crippen LogP contribution in [-0.2, 0) is 11.3 Å². The number of hydrogen-bond donors (Lipinski definition) is 0. The van der Waals surface area contributed by atoms with Crippen LogP contribution in [0.2, 0.25) is 0 Å². The summed E-state index contributed by atoms with van der Waals surface area (Å²) in [4.78, 5) is 2.41. The molecular weight excluding hydrogens is 350 g/mol. The number of aromatic nitrogens is 2. The molecule has 0 atom stereocenters. The number of rotatable bonds is 7. The first kappa shape index (κ1) is 19.0. The van der Waals surface area contributed by atoms with Crippen molar-refractivity contribution in [2.75, 3.05) is 40.5 Å². The smallest absolute Gasteiger partial charge is 0.120 e. The first-order valence-electron chi connectivity index (χ1n) is 10.1. The maximum Gasteiger partial charge on any atom is 0.120 e. The highest BCUT2D eigenvalue weighted by Crippen LogP contribution is 2.27. The van der Waals surface area contributed by atoms with Crippen LogP contribution in [0.3, 0.4) is 0 Å². The predicted molar refractivity (Wildman–Crippen MR) is 113 cm³/mol. The number of methoxy groups -OCH3 is 1. The number of piperidine rings is 1. The van der Waals surface area contributed by atoms with E-state index in [1.807, 2.05) is 6.07 Å². The maximum absolute atomic E-state index is 5.71. The molecule has 1 fully saturated rings. The Morgan fingerprint density at radius 2 is 1.79 bits per heavy atom. The first-order valence-corrected chi connectivity index (χ1v) is 10.1. The predicted octanol–water partition coefficient (Wildman–Crippen LogP) is 4.07. The first-order chi connectivity index (χ1) is 13.7. The fraction of sp³-hybridized carbons (Fsp3) is 0.435. The van der Waals surface area contributed by atoms with Crippen molar-refractivity contribution in [2.45, 2.75) is 19.4 Å². The van der Waals surface area contributed by atoms with Crippen LogP contribution in [0.4, 0.5) is 0 Å². The molecule has 0 bridgehead atoms. The lowest BCUT2D eigenvalue weighted by molar-refractivity contribution is 0.146. The van der Waals surface area contributed by atoms with Crippen molar-refractivity contribution in [3.63, 3.8) is 0 Å². The molecular formula is C23H29N3O2. The molecule has 148 valence electrons. The van der Waals surface area contributed by atoms with Gasteiger partial charge in [0.1, 0.15) is 12.4 Å². The van der Waals surface area contributed by atoms with Gasteiger partial charge < -0.3 is 14.4 Å². The number of fused-ring (bicyclic) bond motifs is 1. The third-order valence-corrected chi connectivity index (χ3v) is 5.59. The quantitative estimate of drug-likeness (QED) is 0.580. The Morgan fingerprint density at radius 3 is 2.61 bits per heavy atom. The monoisotopic (exact) mass is 379 g/mol. The highest BCUT2D eigenvalue weighted by molar-refractivity contribution is 5.87. The van der Waals surface area contributed by atoms with E-state index in [-0.39, 0.29) is 0 Å². The Hall–Kier alpha value is -2.37. The van der Waals surface area contributed by atoms with E-state index in [2.05, 4.69) is 59.2 Å². The molecule has 0 aliphatic carbocycles. The molecule has 3 aromatic rings. The van der Waals surface area contributed by atoms with Gasteiger partial charge in [-0.1, -0.05) is 18.2 Å². The van der Waals surface area contributed by atoms with Gasteiger partial charge in [0.05, 0.1) is 12.3 Å². The van der Waals surface area contributed by atoms with Crippen molar-refractivity contribution in [1.82, 2.24) is 14.7 Å². The molecule has 5 nitrogen and oxygen atoms in total. The van der Waals surface area contributed by atoms with E-state index in [9.17, 15) is 0 Å². The summed E-state index contributed by atoms with van der Waals surface area (Å²) in [6.45, 7) is 4.57. The Balaban J connectivity index is 1.45. The average Bonchev–Trinajstić information content (AvgIpc) is 3.18. The Labute approximate surface area is 166 Å². The fourth-order valence-corrected chi connectivity index (χ4v) is 3.84. The zero-order valence-electron chi connectivity index (χ0n) is 16.8. The SMILES string of the molecule is COCCOc1ccc2cc(-c3ccn(CC4CCN(C)CC4)n3)ccc2c1. The van der Waals surface area contributed by atoms with Crippen LogP contribution < -0.4 is 4.74 Å². The molecule has 1 aliphatic heterocycles. The van der Waals surface area contributed by atoms with Gasteiger partial charge in [0.2, 0.25) is 0 Å². The van der Waals surface area contributed by atoms with Crippen molar-refractivity contribution in [1.29, 1.82) is 0 Å². The molecule has 0 N–H and O–H groups in total. The Kier molecular flexibility index (Phi) is 5.93. The molecule has 0 saturated carbocycles. The molecule has 2 aromatic carbocycles. The molecule has 4 rings (SSSR count). The minimum atomic E-state index is 0.564. The Morgan fingerprint density at radius 1 is 1.00 bits per heavy atom. The van der Waals surface area contributed by atoms with E-state index >= 15 is 0 Å². The summed E-state index contributed by atoms with van der Waals surface area (Å²) in [5.41, 5.74) is 2.19. The van der Waals surface area contributed by atoms with Gasteiger partial charge in [-0.2, -0.15) is 5.10 Å². The van der Waals surface area contributed by atoms with Gasteiger partial charge in [-0.05, 0) is 73.9 Å². The third kappa shape index (κ3) is 4.54. The third-order valence-electron chi connectivity index (χ3n) is 5.59. The zero-order chi connectivity index (χ0) is 19.3. The van der Waals surface area contributed by atoms with Crippen molar-refractivity contribution < 1.29 is 9.47 Å².